The second kappa shape index (κ2) is 7.28. The molecule has 1 amide bonds. The number of amides is 1. The van der Waals surface area contributed by atoms with Crippen LogP contribution in [0, 0.1) is 0 Å². The number of benzene rings is 1. The van der Waals surface area contributed by atoms with Crippen LogP contribution in [-0.4, -0.2) is 16.7 Å². The Balaban J connectivity index is 2.57. The normalized spacial score (nSPS) is 11.0. The van der Waals surface area contributed by atoms with Crippen LogP contribution < -0.4 is 16.5 Å². The highest BCUT2D eigenvalue weighted by atomic mass is 35.5. The molecule has 1 rings (SSSR count). The fraction of sp³-hybridized carbons (Fsp3) is 0.182. The van der Waals surface area contributed by atoms with E-state index in [9.17, 15) is 4.79 Å². The van der Waals surface area contributed by atoms with Crippen molar-refractivity contribution in [2.24, 2.45) is 10.8 Å². The number of rotatable bonds is 4. The SMILES string of the molecule is C/C(CC(=O)Nc1ccc(Cl)c(Cl)c1)=N\NC(N)=S. The van der Waals surface area contributed by atoms with E-state index < -0.39 is 0 Å². The molecule has 102 valence electrons. The van der Waals surface area contributed by atoms with Crippen molar-refractivity contribution >= 4 is 57.8 Å². The van der Waals surface area contributed by atoms with Gasteiger partial charge in [0.15, 0.2) is 5.11 Å². The number of carbonyl (C=O) groups excluding carboxylic acids is 1. The summed E-state index contributed by atoms with van der Waals surface area (Å²) < 4.78 is 0. The molecule has 0 heterocycles. The van der Waals surface area contributed by atoms with Crippen LogP contribution in [0.5, 0.6) is 0 Å². The van der Waals surface area contributed by atoms with E-state index in [2.05, 4.69) is 28.1 Å². The molecule has 0 saturated heterocycles. The Morgan fingerprint density at radius 1 is 1.42 bits per heavy atom. The van der Waals surface area contributed by atoms with E-state index in [1.54, 1.807) is 25.1 Å². The fourth-order valence-electron chi connectivity index (χ4n) is 1.20. The minimum absolute atomic E-state index is 0.0456. The van der Waals surface area contributed by atoms with Gasteiger partial charge in [0.25, 0.3) is 0 Å². The summed E-state index contributed by atoms with van der Waals surface area (Å²) in [4.78, 5) is 11.7. The fourth-order valence-corrected chi connectivity index (χ4v) is 1.55. The molecule has 0 saturated carbocycles. The molecule has 0 aliphatic heterocycles. The number of nitrogens with zero attached hydrogens (tertiary/aromatic N) is 1. The molecule has 0 aliphatic carbocycles. The van der Waals surface area contributed by atoms with Crippen molar-refractivity contribution < 1.29 is 4.79 Å². The van der Waals surface area contributed by atoms with E-state index in [0.717, 1.165) is 0 Å². The molecule has 1 aromatic rings. The van der Waals surface area contributed by atoms with E-state index in [1.165, 1.54) is 0 Å². The Morgan fingerprint density at radius 2 is 2.11 bits per heavy atom. The first-order chi connectivity index (χ1) is 8.88. The molecule has 0 fully saturated rings. The Labute approximate surface area is 126 Å². The number of nitrogens with two attached hydrogens (primary N) is 1. The monoisotopic (exact) mass is 318 g/mol. The Kier molecular flexibility index (Phi) is 6.01. The highest BCUT2D eigenvalue weighted by molar-refractivity contribution is 7.80. The predicted molar refractivity (Wildman–Crippen MR) is 82.7 cm³/mol. The summed E-state index contributed by atoms with van der Waals surface area (Å²) in [5.74, 6) is -0.232. The third kappa shape index (κ3) is 5.87. The number of thiocarbonyl (C=S) groups is 1. The lowest BCUT2D eigenvalue weighted by molar-refractivity contribution is -0.115. The molecule has 0 radical (unpaired) electrons. The van der Waals surface area contributed by atoms with Crippen molar-refractivity contribution in [3.05, 3.63) is 28.2 Å². The molecule has 0 spiro atoms. The van der Waals surface area contributed by atoms with Crippen LogP contribution in [0.1, 0.15) is 13.3 Å². The first-order valence-electron chi connectivity index (χ1n) is 5.22. The third-order valence-corrected chi connectivity index (χ3v) is 2.81. The Bertz CT molecular complexity index is 533. The van der Waals surface area contributed by atoms with Gasteiger partial charge in [0.2, 0.25) is 5.91 Å². The van der Waals surface area contributed by atoms with E-state index in [1.807, 2.05) is 0 Å². The average Bonchev–Trinajstić information content (AvgIpc) is 2.31. The molecule has 0 aliphatic rings. The number of hydrogen-bond donors (Lipinski definition) is 3. The highest BCUT2D eigenvalue weighted by Gasteiger charge is 2.06. The van der Waals surface area contributed by atoms with Crippen LogP contribution in [0.15, 0.2) is 23.3 Å². The standard InChI is InChI=1S/C11H12Cl2N4OS/c1-6(16-17-11(14)19)4-10(18)15-7-2-3-8(12)9(13)5-7/h2-3,5H,4H2,1H3,(H,15,18)(H3,14,17,19)/b16-6+. The number of nitrogens with one attached hydrogen (secondary N) is 2. The number of hydrazone groups is 1. The van der Waals surface area contributed by atoms with Gasteiger partial charge < -0.3 is 11.1 Å². The lowest BCUT2D eigenvalue weighted by Crippen LogP contribution is -2.26. The summed E-state index contributed by atoms with van der Waals surface area (Å²) in [6.07, 6.45) is 0.107. The Hall–Kier alpha value is -1.37. The number of carbonyl (C=O) groups is 1. The second-order valence-electron chi connectivity index (χ2n) is 3.68. The molecule has 19 heavy (non-hydrogen) atoms. The lowest BCUT2D eigenvalue weighted by Gasteiger charge is -2.06. The van der Waals surface area contributed by atoms with Gasteiger partial charge in [0.05, 0.1) is 16.5 Å². The molecule has 1 aromatic carbocycles. The first-order valence-corrected chi connectivity index (χ1v) is 6.38. The van der Waals surface area contributed by atoms with Crippen LogP contribution >= 0.6 is 35.4 Å². The zero-order valence-electron chi connectivity index (χ0n) is 10.0. The topological polar surface area (TPSA) is 79.5 Å². The van der Waals surface area contributed by atoms with Crippen LogP contribution in [-0.2, 0) is 4.79 Å². The molecule has 0 unspecified atom stereocenters. The van der Waals surface area contributed by atoms with Gasteiger partial charge in [0, 0.05) is 11.4 Å². The molecule has 5 nitrogen and oxygen atoms in total. The predicted octanol–water partition coefficient (Wildman–Crippen LogP) is 2.53. The van der Waals surface area contributed by atoms with Gasteiger partial charge in [-0.25, -0.2) is 0 Å². The van der Waals surface area contributed by atoms with E-state index in [-0.39, 0.29) is 17.4 Å². The minimum atomic E-state index is -0.232. The van der Waals surface area contributed by atoms with Crippen molar-refractivity contribution in [2.75, 3.05) is 5.32 Å². The van der Waals surface area contributed by atoms with Crippen molar-refractivity contribution in [2.45, 2.75) is 13.3 Å². The van der Waals surface area contributed by atoms with Gasteiger partial charge in [-0.15, -0.1) is 0 Å². The summed E-state index contributed by atoms with van der Waals surface area (Å²) in [7, 11) is 0. The van der Waals surface area contributed by atoms with E-state index in [4.69, 9.17) is 28.9 Å². The molecule has 0 bridgehead atoms. The minimum Gasteiger partial charge on any atom is -0.375 e. The summed E-state index contributed by atoms with van der Waals surface area (Å²) in [5, 5.41) is 7.35. The van der Waals surface area contributed by atoms with E-state index >= 15 is 0 Å². The molecule has 8 heteroatoms. The number of halogens is 2. The van der Waals surface area contributed by atoms with Crippen LogP contribution in [0.4, 0.5) is 5.69 Å². The maximum Gasteiger partial charge on any atom is 0.230 e. The van der Waals surface area contributed by atoms with Crippen LogP contribution in [0.2, 0.25) is 10.0 Å². The zero-order valence-corrected chi connectivity index (χ0v) is 12.4. The smallest absolute Gasteiger partial charge is 0.230 e. The van der Waals surface area contributed by atoms with Crippen molar-refractivity contribution in [3.8, 4) is 0 Å². The molecule has 0 aromatic heterocycles. The summed E-state index contributed by atoms with van der Waals surface area (Å²) in [6.45, 7) is 1.68. The summed E-state index contributed by atoms with van der Waals surface area (Å²) in [6, 6.07) is 4.84. The average molecular weight is 319 g/mol. The number of hydrogen-bond acceptors (Lipinski definition) is 3. The molecule has 0 atom stereocenters. The molecule has 4 N–H and O–H groups in total. The maximum absolute atomic E-state index is 11.7. The molecular formula is C11H12Cl2N4OS. The Morgan fingerprint density at radius 3 is 2.68 bits per heavy atom. The van der Waals surface area contributed by atoms with Crippen molar-refractivity contribution in [1.82, 2.24) is 5.43 Å². The zero-order chi connectivity index (χ0) is 14.4. The van der Waals surface area contributed by atoms with Gasteiger partial charge in [-0.05, 0) is 37.3 Å². The highest BCUT2D eigenvalue weighted by Crippen LogP contribution is 2.24. The quantitative estimate of drug-likeness (QED) is 0.453. The van der Waals surface area contributed by atoms with Gasteiger partial charge in [-0.3, -0.25) is 10.2 Å². The van der Waals surface area contributed by atoms with Crippen LogP contribution in [0.3, 0.4) is 0 Å². The maximum atomic E-state index is 11.7. The van der Waals surface area contributed by atoms with Gasteiger partial charge >= 0.3 is 0 Å². The summed E-state index contributed by atoms with van der Waals surface area (Å²) in [5.41, 5.74) is 8.73. The van der Waals surface area contributed by atoms with Gasteiger partial charge in [0.1, 0.15) is 0 Å². The first kappa shape index (κ1) is 15.7. The largest absolute Gasteiger partial charge is 0.375 e. The van der Waals surface area contributed by atoms with E-state index in [0.29, 0.717) is 21.4 Å². The van der Waals surface area contributed by atoms with Crippen molar-refractivity contribution in [3.63, 3.8) is 0 Å². The van der Waals surface area contributed by atoms with Gasteiger partial charge in [-0.1, -0.05) is 23.2 Å². The second-order valence-corrected chi connectivity index (χ2v) is 4.93. The lowest BCUT2D eigenvalue weighted by atomic mass is 10.2. The van der Waals surface area contributed by atoms with Crippen molar-refractivity contribution in [1.29, 1.82) is 0 Å². The summed E-state index contributed by atoms with van der Waals surface area (Å²) >= 11 is 16.2. The number of anilines is 1. The third-order valence-electron chi connectivity index (χ3n) is 1.98. The molecular weight excluding hydrogens is 307 g/mol. The van der Waals surface area contributed by atoms with Crippen LogP contribution in [0.25, 0.3) is 0 Å². The van der Waals surface area contributed by atoms with Gasteiger partial charge in [-0.2, -0.15) is 5.10 Å².